The second-order valence-electron chi connectivity index (χ2n) is 6.14. The number of rotatable bonds is 4. The second-order valence-corrected chi connectivity index (χ2v) is 8.82. The molecule has 0 saturated carbocycles. The first-order valence-electron chi connectivity index (χ1n) is 7.97. The molecule has 2 unspecified atom stereocenters. The highest BCUT2D eigenvalue weighted by molar-refractivity contribution is 9.10. The molecule has 138 valence electrons. The third kappa shape index (κ3) is 3.32. The first-order valence-corrected chi connectivity index (χ1v) is 10.4. The molecule has 0 radical (unpaired) electrons. The van der Waals surface area contributed by atoms with Gasteiger partial charge in [0, 0.05) is 30.5 Å². The number of primary amides is 1. The molecular weight excluding hydrogens is 498 g/mol. The van der Waals surface area contributed by atoms with Gasteiger partial charge in [0.1, 0.15) is 6.33 Å². The van der Waals surface area contributed by atoms with Crippen molar-refractivity contribution in [2.24, 2.45) is 11.7 Å². The Morgan fingerprint density at radius 3 is 2.89 bits per heavy atom. The van der Waals surface area contributed by atoms with Crippen LogP contribution in [0.3, 0.4) is 0 Å². The summed E-state index contributed by atoms with van der Waals surface area (Å²) < 4.78 is 1.65. The van der Waals surface area contributed by atoms with Gasteiger partial charge in [0.2, 0.25) is 11.8 Å². The predicted octanol–water partition coefficient (Wildman–Crippen LogP) is 3.44. The van der Waals surface area contributed by atoms with E-state index in [1.165, 1.54) is 17.7 Å². The number of nitrogens with two attached hydrogens (primary N) is 1. The summed E-state index contributed by atoms with van der Waals surface area (Å²) in [5, 5.41) is 11.4. The zero-order valence-electron chi connectivity index (χ0n) is 13.7. The van der Waals surface area contributed by atoms with Crippen LogP contribution in [-0.2, 0) is 16.0 Å². The lowest BCUT2D eigenvalue weighted by atomic mass is 9.81. The summed E-state index contributed by atoms with van der Waals surface area (Å²) in [7, 11) is 0. The predicted molar refractivity (Wildman–Crippen MR) is 109 cm³/mol. The molecule has 1 aromatic carbocycles. The van der Waals surface area contributed by atoms with Gasteiger partial charge in [-0.15, -0.1) is 11.3 Å². The first kappa shape index (κ1) is 18.3. The molecule has 4 rings (SSSR count). The van der Waals surface area contributed by atoms with Crippen molar-refractivity contribution in [3.05, 3.63) is 49.3 Å². The van der Waals surface area contributed by atoms with E-state index in [9.17, 15) is 9.59 Å². The Kier molecular flexibility index (Phi) is 4.87. The second kappa shape index (κ2) is 7.17. The maximum absolute atomic E-state index is 12.8. The Balaban J connectivity index is 1.78. The number of aromatic amines is 1. The van der Waals surface area contributed by atoms with E-state index in [4.69, 9.17) is 5.73 Å². The zero-order valence-corrected chi connectivity index (χ0v) is 17.7. The lowest BCUT2D eigenvalue weighted by Gasteiger charge is -2.29. The fourth-order valence-corrected chi connectivity index (χ4v) is 5.59. The Labute approximate surface area is 175 Å². The first-order chi connectivity index (χ1) is 13.0. The van der Waals surface area contributed by atoms with Crippen molar-refractivity contribution in [3.63, 3.8) is 0 Å². The number of aromatic nitrogens is 3. The molecule has 2 aromatic heterocycles. The van der Waals surface area contributed by atoms with Crippen LogP contribution in [0.4, 0.5) is 5.69 Å². The van der Waals surface area contributed by atoms with Gasteiger partial charge in [-0.3, -0.25) is 14.7 Å². The summed E-state index contributed by atoms with van der Waals surface area (Å²) in [5.74, 6) is -1.64. The summed E-state index contributed by atoms with van der Waals surface area (Å²) in [4.78, 5) is 30.1. The Hall–Kier alpha value is -2.04. The van der Waals surface area contributed by atoms with Crippen LogP contribution >= 0.6 is 43.2 Å². The van der Waals surface area contributed by atoms with Gasteiger partial charge >= 0.3 is 0 Å². The molecule has 2 atom stereocenters. The van der Waals surface area contributed by atoms with Crippen molar-refractivity contribution < 1.29 is 9.59 Å². The van der Waals surface area contributed by atoms with Gasteiger partial charge in [-0.05, 0) is 40.0 Å². The number of fused-ring (bicyclic) bond motifs is 1. The van der Waals surface area contributed by atoms with E-state index < -0.39 is 17.7 Å². The number of anilines is 1. The third-order valence-electron chi connectivity index (χ3n) is 4.52. The molecule has 3 aromatic rings. The van der Waals surface area contributed by atoms with E-state index in [0.717, 1.165) is 20.2 Å². The number of nitrogens with one attached hydrogen (secondary N) is 2. The van der Waals surface area contributed by atoms with Gasteiger partial charge in [0.25, 0.3) is 0 Å². The van der Waals surface area contributed by atoms with E-state index in [0.29, 0.717) is 22.7 Å². The summed E-state index contributed by atoms with van der Waals surface area (Å²) in [6, 6.07) is 5.70. The molecule has 0 fully saturated rings. The lowest BCUT2D eigenvalue weighted by molar-refractivity contribution is -0.127. The molecule has 27 heavy (non-hydrogen) atoms. The number of amides is 2. The molecular formula is C17H13Br2N5O2S. The lowest BCUT2D eigenvalue weighted by Crippen LogP contribution is -2.39. The minimum absolute atomic E-state index is 0.225. The zero-order chi connectivity index (χ0) is 19.1. The molecule has 0 aliphatic carbocycles. The van der Waals surface area contributed by atoms with E-state index >= 15 is 0 Å². The average molecular weight is 511 g/mol. The topological polar surface area (TPSA) is 114 Å². The number of carbonyl (C=O) groups excluding carboxylic acids is 2. The summed E-state index contributed by atoms with van der Waals surface area (Å²) >= 11 is 8.26. The van der Waals surface area contributed by atoms with Crippen LogP contribution in [0.5, 0.6) is 0 Å². The highest BCUT2D eigenvalue weighted by Crippen LogP contribution is 2.44. The van der Waals surface area contributed by atoms with Crippen molar-refractivity contribution in [2.45, 2.75) is 12.3 Å². The van der Waals surface area contributed by atoms with Crippen molar-refractivity contribution in [1.82, 2.24) is 15.2 Å². The molecule has 7 nitrogen and oxygen atoms in total. The van der Waals surface area contributed by atoms with Gasteiger partial charge < -0.3 is 11.1 Å². The van der Waals surface area contributed by atoms with Gasteiger partial charge in [-0.2, -0.15) is 5.10 Å². The van der Waals surface area contributed by atoms with Crippen LogP contribution in [0.2, 0.25) is 0 Å². The van der Waals surface area contributed by atoms with Crippen molar-refractivity contribution in [1.29, 1.82) is 0 Å². The Morgan fingerprint density at radius 2 is 2.19 bits per heavy atom. The third-order valence-corrected chi connectivity index (χ3v) is 7.01. The fraction of sp³-hybridized carbons (Fsp3) is 0.176. The number of thiophene rings is 1. The highest BCUT2D eigenvalue weighted by Gasteiger charge is 2.40. The highest BCUT2D eigenvalue weighted by atomic mass is 79.9. The molecule has 10 heteroatoms. The van der Waals surface area contributed by atoms with Crippen LogP contribution in [-0.4, -0.2) is 27.0 Å². The Morgan fingerprint density at radius 1 is 1.37 bits per heavy atom. The van der Waals surface area contributed by atoms with Crippen molar-refractivity contribution in [2.75, 3.05) is 5.32 Å². The maximum atomic E-state index is 12.8. The van der Waals surface area contributed by atoms with E-state index in [1.807, 2.05) is 23.6 Å². The van der Waals surface area contributed by atoms with Crippen LogP contribution in [0.1, 0.15) is 16.4 Å². The smallest absolute Gasteiger partial charge is 0.229 e. The van der Waals surface area contributed by atoms with Crippen molar-refractivity contribution >= 4 is 60.7 Å². The molecule has 0 spiro atoms. The molecule has 0 saturated heterocycles. The largest absolute Gasteiger partial charge is 0.369 e. The van der Waals surface area contributed by atoms with Gasteiger partial charge in [-0.25, -0.2) is 4.98 Å². The van der Waals surface area contributed by atoms with E-state index in [-0.39, 0.29) is 5.91 Å². The monoisotopic (exact) mass is 509 g/mol. The number of hydrogen-bond acceptors (Lipinski definition) is 5. The maximum Gasteiger partial charge on any atom is 0.229 e. The number of carbonyl (C=O) groups is 2. The molecule has 1 aliphatic rings. The van der Waals surface area contributed by atoms with Gasteiger partial charge in [-0.1, -0.05) is 22.0 Å². The molecule has 0 bridgehead atoms. The quantitative estimate of drug-likeness (QED) is 0.498. The van der Waals surface area contributed by atoms with Crippen LogP contribution in [0, 0.1) is 5.92 Å². The number of benzene rings is 1. The van der Waals surface area contributed by atoms with Crippen LogP contribution in [0.15, 0.2) is 38.9 Å². The van der Waals surface area contributed by atoms with Crippen LogP contribution < -0.4 is 11.1 Å². The Bertz CT molecular complexity index is 1030. The SMILES string of the molecule is NC(=O)C(c1scc(Br)c1-c1ncn[nH]1)C1Cc2ccc(Br)cc2NC1=O. The van der Waals surface area contributed by atoms with Gasteiger partial charge in [0.05, 0.1) is 11.8 Å². The minimum atomic E-state index is -0.779. The standard InChI is InChI=1S/C17H13Br2N5O2S/c18-8-2-1-7-3-9(17(26)23-11(7)4-8)12(15(20)25)14-13(10(19)5-27-14)16-21-6-22-24-16/h1-2,4-6,9,12H,3H2,(H2,20,25)(H,23,26)(H,21,22,24). The van der Waals surface area contributed by atoms with Gasteiger partial charge in [0.15, 0.2) is 5.82 Å². The fourth-order valence-electron chi connectivity index (χ4n) is 3.31. The molecule has 2 amide bonds. The number of nitrogens with zero attached hydrogens (tertiary/aromatic N) is 2. The molecule has 4 N–H and O–H groups in total. The van der Waals surface area contributed by atoms with Crippen molar-refractivity contribution in [3.8, 4) is 11.4 Å². The number of hydrogen-bond donors (Lipinski definition) is 3. The average Bonchev–Trinajstić information content (AvgIpc) is 3.25. The van der Waals surface area contributed by atoms with E-state index in [1.54, 1.807) is 0 Å². The number of H-pyrrole nitrogens is 1. The summed E-state index contributed by atoms with van der Waals surface area (Å²) in [6.07, 6.45) is 1.82. The minimum Gasteiger partial charge on any atom is -0.369 e. The normalized spacial score (nSPS) is 17.3. The summed E-state index contributed by atoms with van der Waals surface area (Å²) in [6.45, 7) is 0. The molecule has 3 heterocycles. The summed E-state index contributed by atoms with van der Waals surface area (Å²) in [5.41, 5.74) is 8.17. The molecule has 1 aliphatic heterocycles. The van der Waals surface area contributed by atoms with Crippen LogP contribution in [0.25, 0.3) is 11.4 Å². The van der Waals surface area contributed by atoms with E-state index in [2.05, 4.69) is 52.4 Å². The number of halogens is 2.